The van der Waals surface area contributed by atoms with Gasteiger partial charge in [-0.15, -0.1) is 0 Å². The normalized spacial score (nSPS) is 11.1. The molecule has 0 aliphatic rings. The second kappa shape index (κ2) is 6.50. The third-order valence-electron chi connectivity index (χ3n) is 2.85. The zero-order valence-corrected chi connectivity index (χ0v) is 12.0. The fourth-order valence-corrected chi connectivity index (χ4v) is 1.55. The zero-order valence-electron chi connectivity index (χ0n) is 12.0. The van der Waals surface area contributed by atoms with E-state index in [0.717, 1.165) is 18.8 Å². The van der Waals surface area contributed by atoms with E-state index >= 15 is 0 Å². The molecule has 1 heterocycles. The van der Waals surface area contributed by atoms with Gasteiger partial charge in [0, 0.05) is 32.0 Å². The van der Waals surface area contributed by atoms with Gasteiger partial charge in [-0.25, -0.2) is 0 Å². The van der Waals surface area contributed by atoms with E-state index < -0.39 is 0 Å². The standard InChI is InChI=1S/C14H23N3O/c1-11(2)13-7-6-12(10-15-13)14(18)17(5)9-8-16(3)4/h6-7,10-11H,8-9H2,1-5H3. The highest BCUT2D eigenvalue weighted by atomic mass is 16.2. The van der Waals surface area contributed by atoms with Gasteiger partial charge in [-0.2, -0.15) is 0 Å². The second-order valence-corrected chi connectivity index (χ2v) is 5.16. The monoisotopic (exact) mass is 249 g/mol. The summed E-state index contributed by atoms with van der Waals surface area (Å²) in [7, 11) is 5.82. The summed E-state index contributed by atoms with van der Waals surface area (Å²) in [6.07, 6.45) is 1.67. The lowest BCUT2D eigenvalue weighted by atomic mass is 10.1. The fraction of sp³-hybridized carbons (Fsp3) is 0.571. The molecule has 1 aromatic heterocycles. The van der Waals surface area contributed by atoms with Gasteiger partial charge in [0.25, 0.3) is 5.91 Å². The maximum absolute atomic E-state index is 12.1. The molecule has 0 N–H and O–H groups in total. The minimum absolute atomic E-state index is 0.0275. The number of hydrogen-bond acceptors (Lipinski definition) is 3. The summed E-state index contributed by atoms with van der Waals surface area (Å²) in [6.45, 7) is 5.76. The molecule has 0 fully saturated rings. The van der Waals surface area contributed by atoms with Crippen LogP contribution in [0.1, 0.15) is 35.8 Å². The Bertz CT molecular complexity index is 385. The molecule has 1 aromatic rings. The van der Waals surface area contributed by atoms with Crippen LogP contribution in [0, 0.1) is 0 Å². The lowest BCUT2D eigenvalue weighted by molar-refractivity contribution is 0.0786. The van der Waals surface area contributed by atoms with E-state index in [4.69, 9.17) is 0 Å². The largest absolute Gasteiger partial charge is 0.340 e. The van der Waals surface area contributed by atoms with Gasteiger partial charge in [0.1, 0.15) is 0 Å². The summed E-state index contributed by atoms with van der Waals surface area (Å²) < 4.78 is 0. The van der Waals surface area contributed by atoms with Crippen LogP contribution < -0.4 is 0 Å². The number of carbonyl (C=O) groups excluding carboxylic acids is 1. The average Bonchev–Trinajstić information content (AvgIpc) is 2.35. The smallest absolute Gasteiger partial charge is 0.255 e. The van der Waals surface area contributed by atoms with Crippen LogP contribution in [-0.2, 0) is 0 Å². The van der Waals surface area contributed by atoms with E-state index in [2.05, 4.69) is 23.7 Å². The number of rotatable bonds is 5. The second-order valence-electron chi connectivity index (χ2n) is 5.16. The summed E-state index contributed by atoms with van der Waals surface area (Å²) in [6, 6.07) is 3.79. The minimum Gasteiger partial charge on any atom is -0.340 e. The molecule has 0 atom stereocenters. The van der Waals surface area contributed by atoms with Crippen LogP contribution in [0.5, 0.6) is 0 Å². The van der Waals surface area contributed by atoms with E-state index in [0.29, 0.717) is 11.5 Å². The number of carbonyl (C=O) groups is 1. The van der Waals surface area contributed by atoms with Crippen LogP contribution in [0.4, 0.5) is 0 Å². The van der Waals surface area contributed by atoms with Crippen LogP contribution in [0.15, 0.2) is 18.3 Å². The van der Waals surface area contributed by atoms with Crippen molar-refractivity contribution in [2.24, 2.45) is 0 Å². The molecule has 0 aromatic carbocycles. The van der Waals surface area contributed by atoms with E-state index in [1.807, 2.05) is 33.3 Å². The third kappa shape index (κ3) is 4.11. The Kier molecular flexibility index (Phi) is 5.28. The van der Waals surface area contributed by atoms with Crippen molar-refractivity contribution >= 4 is 5.91 Å². The lowest BCUT2D eigenvalue weighted by Gasteiger charge is -2.19. The third-order valence-corrected chi connectivity index (χ3v) is 2.85. The molecule has 0 saturated carbocycles. The van der Waals surface area contributed by atoms with E-state index in [-0.39, 0.29) is 5.91 Å². The van der Waals surface area contributed by atoms with Crippen LogP contribution in [0.3, 0.4) is 0 Å². The summed E-state index contributed by atoms with van der Waals surface area (Å²) >= 11 is 0. The van der Waals surface area contributed by atoms with Gasteiger partial charge < -0.3 is 9.80 Å². The Morgan fingerprint density at radius 3 is 2.33 bits per heavy atom. The Labute approximate surface area is 110 Å². The lowest BCUT2D eigenvalue weighted by Crippen LogP contribution is -2.33. The highest BCUT2D eigenvalue weighted by Gasteiger charge is 2.12. The minimum atomic E-state index is 0.0275. The van der Waals surface area contributed by atoms with Crippen LogP contribution in [-0.4, -0.2) is 54.9 Å². The van der Waals surface area contributed by atoms with Gasteiger partial charge in [0.2, 0.25) is 0 Å². The van der Waals surface area contributed by atoms with Gasteiger partial charge in [0.05, 0.1) is 5.56 Å². The van der Waals surface area contributed by atoms with Crippen molar-refractivity contribution in [2.45, 2.75) is 19.8 Å². The summed E-state index contributed by atoms with van der Waals surface area (Å²) in [4.78, 5) is 20.2. The Morgan fingerprint density at radius 1 is 1.22 bits per heavy atom. The fourth-order valence-electron chi connectivity index (χ4n) is 1.55. The molecule has 0 aliphatic heterocycles. The highest BCUT2D eigenvalue weighted by Crippen LogP contribution is 2.12. The highest BCUT2D eigenvalue weighted by molar-refractivity contribution is 5.93. The summed E-state index contributed by atoms with van der Waals surface area (Å²) in [5.41, 5.74) is 1.67. The van der Waals surface area contributed by atoms with Crippen molar-refractivity contribution in [3.63, 3.8) is 0 Å². The quantitative estimate of drug-likeness (QED) is 0.799. The number of pyridine rings is 1. The van der Waals surface area contributed by atoms with Crippen molar-refractivity contribution in [3.05, 3.63) is 29.6 Å². The molecule has 4 nitrogen and oxygen atoms in total. The Hall–Kier alpha value is -1.42. The van der Waals surface area contributed by atoms with E-state index in [1.54, 1.807) is 11.1 Å². The molecule has 0 radical (unpaired) electrons. The first-order valence-corrected chi connectivity index (χ1v) is 6.28. The molecule has 0 bridgehead atoms. The predicted octanol–water partition coefficient (Wildman–Crippen LogP) is 1.84. The van der Waals surface area contributed by atoms with E-state index in [9.17, 15) is 4.79 Å². The van der Waals surface area contributed by atoms with Gasteiger partial charge in [-0.3, -0.25) is 9.78 Å². The summed E-state index contributed by atoms with van der Waals surface area (Å²) in [5.74, 6) is 0.417. The first-order chi connectivity index (χ1) is 8.41. The van der Waals surface area contributed by atoms with Crippen molar-refractivity contribution in [3.8, 4) is 0 Å². The number of likely N-dealkylation sites (N-methyl/N-ethyl adjacent to an activating group) is 2. The molecule has 1 rings (SSSR count). The molecular formula is C14H23N3O. The molecule has 100 valence electrons. The maximum atomic E-state index is 12.1. The maximum Gasteiger partial charge on any atom is 0.255 e. The van der Waals surface area contributed by atoms with Crippen LogP contribution in [0.25, 0.3) is 0 Å². The van der Waals surface area contributed by atoms with Crippen molar-refractivity contribution in [1.82, 2.24) is 14.8 Å². The molecular weight excluding hydrogens is 226 g/mol. The zero-order chi connectivity index (χ0) is 13.7. The van der Waals surface area contributed by atoms with Gasteiger partial charge in [0.15, 0.2) is 0 Å². The van der Waals surface area contributed by atoms with Gasteiger partial charge >= 0.3 is 0 Å². The van der Waals surface area contributed by atoms with Crippen molar-refractivity contribution in [1.29, 1.82) is 0 Å². The first kappa shape index (κ1) is 14.6. The van der Waals surface area contributed by atoms with Crippen LogP contribution in [0.2, 0.25) is 0 Å². The number of aromatic nitrogens is 1. The predicted molar refractivity (Wildman–Crippen MR) is 73.8 cm³/mol. The summed E-state index contributed by atoms with van der Waals surface area (Å²) in [5, 5.41) is 0. The van der Waals surface area contributed by atoms with Crippen molar-refractivity contribution in [2.75, 3.05) is 34.2 Å². The molecule has 4 heteroatoms. The van der Waals surface area contributed by atoms with Crippen LogP contribution >= 0.6 is 0 Å². The average molecular weight is 249 g/mol. The molecule has 0 spiro atoms. The Morgan fingerprint density at radius 2 is 1.89 bits per heavy atom. The molecule has 18 heavy (non-hydrogen) atoms. The van der Waals surface area contributed by atoms with Crippen molar-refractivity contribution < 1.29 is 4.79 Å². The van der Waals surface area contributed by atoms with E-state index in [1.165, 1.54) is 0 Å². The SMILES string of the molecule is CC(C)c1ccc(C(=O)N(C)CCN(C)C)cn1. The topological polar surface area (TPSA) is 36.4 Å². The molecule has 0 saturated heterocycles. The first-order valence-electron chi connectivity index (χ1n) is 6.28. The molecule has 0 aliphatic carbocycles. The van der Waals surface area contributed by atoms with Gasteiger partial charge in [-0.05, 0) is 32.1 Å². The van der Waals surface area contributed by atoms with Gasteiger partial charge in [-0.1, -0.05) is 13.8 Å². The number of hydrogen-bond donors (Lipinski definition) is 0. The Balaban J connectivity index is 2.66. The number of amides is 1. The molecule has 0 unspecified atom stereocenters. The number of nitrogens with zero attached hydrogens (tertiary/aromatic N) is 3. The molecule has 1 amide bonds.